The molecular formula is C25H27N3O4S. The van der Waals surface area contributed by atoms with Gasteiger partial charge in [-0.15, -0.1) is 0 Å². The summed E-state index contributed by atoms with van der Waals surface area (Å²) in [6.45, 7) is 5.52. The molecule has 0 atom stereocenters. The Balaban J connectivity index is 1.90. The molecule has 0 aliphatic carbocycles. The molecular weight excluding hydrogens is 438 g/mol. The van der Waals surface area contributed by atoms with Gasteiger partial charge in [-0.25, -0.2) is 13.8 Å². The number of carbonyl (C=O) groups excluding carboxylic acids is 1. The summed E-state index contributed by atoms with van der Waals surface area (Å²) < 4.78 is 33.7. The topological polar surface area (TPSA) is 88.1 Å². The number of benzene rings is 3. The minimum atomic E-state index is -4.05. The summed E-state index contributed by atoms with van der Waals surface area (Å²) in [6.07, 6.45) is 1.51. The highest BCUT2D eigenvalue weighted by atomic mass is 32.2. The Morgan fingerprint density at radius 2 is 1.73 bits per heavy atom. The standard InChI is InChI=1S/C25H27N3O4S/c1-4-32-24-11-6-5-10-23(24)28(33(30,31)22-14-12-19(2)13-15-22)18-25(29)27-26-17-21-9-7-8-20(3)16-21/h5-17H,4,18H2,1-3H3,(H,27,29)/b26-17-. The van der Waals surface area contributed by atoms with Gasteiger partial charge < -0.3 is 4.74 Å². The van der Waals surface area contributed by atoms with E-state index < -0.39 is 22.5 Å². The molecule has 0 saturated carbocycles. The Morgan fingerprint density at radius 3 is 2.42 bits per heavy atom. The smallest absolute Gasteiger partial charge is 0.264 e. The van der Waals surface area contributed by atoms with Crippen molar-refractivity contribution in [2.45, 2.75) is 25.7 Å². The molecule has 0 unspecified atom stereocenters. The lowest BCUT2D eigenvalue weighted by molar-refractivity contribution is -0.119. The number of rotatable bonds is 9. The summed E-state index contributed by atoms with van der Waals surface area (Å²) in [5.41, 5.74) is 5.51. The third-order valence-corrected chi connectivity index (χ3v) is 6.55. The lowest BCUT2D eigenvalue weighted by Gasteiger charge is -2.25. The van der Waals surface area contributed by atoms with Gasteiger partial charge in [-0.05, 0) is 50.6 Å². The number of aryl methyl sites for hydroxylation is 2. The molecule has 0 aliphatic rings. The van der Waals surface area contributed by atoms with Crippen molar-refractivity contribution in [2.75, 3.05) is 17.5 Å². The van der Waals surface area contributed by atoms with Crippen LogP contribution in [0.1, 0.15) is 23.6 Å². The number of nitrogens with one attached hydrogen (secondary N) is 1. The third-order valence-electron chi connectivity index (χ3n) is 4.77. The second-order valence-electron chi connectivity index (χ2n) is 7.43. The maximum atomic E-state index is 13.5. The van der Waals surface area contributed by atoms with Gasteiger partial charge in [0.05, 0.1) is 23.4 Å². The molecule has 0 aliphatic heterocycles. The fourth-order valence-corrected chi connectivity index (χ4v) is 4.60. The predicted molar refractivity (Wildman–Crippen MR) is 130 cm³/mol. The maximum Gasteiger partial charge on any atom is 0.264 e. The first-order valence-corrected chi connectivity index (χ1v) is 11.9. The first kappa shape index (κ1) is 24.0. The van der Waals surface area contributed by atoms with Gasteiger partial charge in [0.15, 0.2) is 0 Å². The highest BCUT2D eigenvalue weighted by Gasteiger charge is 2.29. The molecule has 7 nitrogen and oxygen atoms in total. The van der Waals surface area contributed by atoms with E-state index >= 15 is 0 Å². The van der Waals surface area contributed by atoms with Crippen LogP contribution >= 0.6 is 0 Å². The molecule has 3 aromatic carbocycles. The molecule has 8 heteroatoms. The number of carbonyl (C=O) groups is 1. The van der Waals surface area contributed by atoms with Crippen LogP contribution in [0.3, 0.4) is 0 Å². The molecule has 33 heavy (non-hydrogen) atoms. The van der Waals surface area contributed by atoms with Crippen LogP contribution in [0.5, 0.6) is 5.75 Å². The Kier molecular flexibility index (Phi) is 7.84. The fourth-order valence-electron chi connectivity index (χ4n) is 3.17. The van der Waals surface area contributed by atoms with Crippen molar-refractivity contribution >= 4 is 27.8 Å². The number of hydrazone groups is 1. The van der Waals surface area contributed by atoms with E-state index in [0.717, 1.165) is 21.0 Å². The molecule has 172 valence electrons. The van der Waals surface area contributed by atoms with Gasteiger partial charge in [0, 0.05) is 0 Å². The number of ether oxygens (including phenoxy) is 1. The normalized spacial score (nSPS) is 11.4. The van der Waals surface area contributed by atoms with E-state index in [1.165, 1.54) is 18.3 Å². The third kappa shape index (κ3) is 6.20. The van der Waals surface area contributed by atoms with Crippen molar-refractivity contribution in [3.05, 3.63) is 89.5 Å². The van der Waals surface area contributed by atoms with Crippen molar-refractivity contribution in [1.82, 2.24) is 5.43 Å². The van der Waals surface area contributed by atoms with E-state index in [0.29, 0.717) is 12.4 Å². The van der Waals surface area contributed by atoms with E-state index in [1.54, 1.807) is 36.4 Å². The molecule has 0 aromatic heterocycles. The van der Waals surface area contributed by atoms with Crippen LogP contribution in [0, 0.1) is 13.8 Å². The number of hydrogen-bond donors (Lipinski definition) is 1. The summed E-state index contributed by atoms with van der Waals surface area (Å²) in [7, 11) is -4.05. The van der Waals surface area contributed by atoms with Gasteiger partial charge in [0.2, 0.25) is 0 Å². The monoisotopic (exact) mass is 465 g/mol. The van der Waals surface area contributed by atoms with Crippen molar-refractivity contribution in [3.8, 4) is 5.75 Å². The van der Waals surface area contributed by atoms with E-state index in [1.807, 2.05) is 45.0 Å². The van der Waals surface area contributed by atoms with Crippen molar-refractivity contribution in [2.24, 2.45) is 5.10 Å². The molecule has 0 radical (unpaired) electrons. The molecule has 1 N–H and O–H groups in total. The number of para-hydroxylation sites is 2. The Labute approximate surface area is 194 Å². The van der Waals surface area contributed by atoms with Gasteiger partial charge in [-0.1, -0.05) is 59.7 Å². The quantitative estimate of drug-likeness (QED) is 0.381. The van der Waals surface area contributed by atoms with Gasteiger partial charge in [0.25, 0.3) is 15.9 Å². The zero-order valence-electron chi connectivity index (χ0n) is 18.9. The highest BCUT2D eigenvalue weighted by molar-refractivity contribution is 7.92. The molecule has 0 heterocycles. The summed E-state index contributed by atoms with van der Waals surface area (Å²) in [4.78, 5) is 12.8. The fraction of sp³-hybridized carbons (Fsp3) is 0.200. The average Bonchev–Trinajstić information content (AvgIpc) is 2.78. The number of sulfonamides is 1. The predicted octanol–water partition coefficient (Wildman–Crippen LogP) is 4.05. The molecule has 0 saturated heterocycles. The molecule has 3 aromatic rings. The number of nitrogens with zero attached hydrogens (tertiary/aromatic N) is 2. The number of amides is 1. The van der Waals surface area contributed by atoms with Crippen molar-refractivity contribution in [3.63, 3.8) is 0 Å². The van der Waals surface area contributed by atoms with Gasteiger partial charge >= 0.3 is 0 Å². The lowest BCUT2D eigenvalue weighted by atomic mass is 10.2. The number of anilines is 1. The zero-order chi connectivity index (χ0) is 23.8. The van der Waals surface area contributed by atoms with Crippen LogP contribution in [0.2, 0.25) is 0 Å². The van der Waals surface area contributed by atoms with E-state index in [4.69, 9.17) is 4.74 Å². The van der Waals surface area contributed by atoms with Crippen molar-refractivity contribution in [1.29, 1.82) is 0 Å². The maximum absolute atomic E-state index is 13.5. The molecule has 0 fully saturated rings. The molecule has 1 amide bonds. The summed E-state index contributed by atoms with van der Waals surface area (Å²) in [5, 5.41) is 3.98. The second kappa shape index (κ2) is 10.8. The van der Waals surface area contributed by atoms with Crippen LogP contribution in [0.4, 0.5) is 5.69 Å². The summed E-state index contributed by atoms with van der Waals surface area (Å²) in [6, 6.07) is 20.8. The Hall–Kier alpha value is -3.65. The van der Waals surface area contributed by atoms with Gasteiger partial charge in [0.1, 0.15) is 12.3 Å². The van der Waals surface area contributed by atoms with Crippen LogP contribution in [0.25, 0.3) is 0 Å². The van der Waals surface area contributed by atoms with Gasteiger partial charge in [-0.2, -0.15) is 5.10 Å². The van der Waals surface area contributed by atoms with E-state index in [2.05, 4.69) is 10.5 Å². The van der Waals surface area contributed by atoms with Crippen LogP contribution in [-0.2, 0) is 14.8 Å². The molecule has 0 bridgehead atoms. The second-order valence-corrected chi connectivity index (χ2v) is 9.30. The first-order valence-electron chi connectivity index (χ1n) is 10.5. The Morgan fingerprint density at radius 1 is 1.00 bits per heavy atom. The zero-order valence-corrected chi connectivity index (χ0v) is 19.7. The minimum Gasteiger partial charge on any atom is -0.492 e. The van der Waals surface area contributed by atoms with Crippen LogP contribution < -0.4 is 14.5 Å². The highest BCUT2D eigenvalue weighted by Crippen LogP contribution is 2.32. The largest absolute Gasteiger partial charge is 0.492 e. The van der Waals surface area contributed by atoms with Crippen LogP contribution in [0.15, 0.2) is 82.8 Å². The van der Waals surface area contributed by atoms with Crippen molar-refractivity contribution < 1.29 is 17.9 Å². The molecule has 0 spiro atoms. The first-order chi connectivity index (χ1) is 15.8. The van der Waals surface area contributed by atoms with Crippen LogP contribution in [-0.4, -0.2) is 33.7 Å². The summed E-state index contributed by atoms with van der Waals surface area (Å²) >= 11 is 0. The SMILES string of the molecule is CCOc1ccccc1N(CC(=O)N/N=C\c1cccc(C)c1)S(=O)(=O)c1ccc(C)cc1. The van der Waals surface area contributed by atoms with Gasteiger partial charge in [-0.3, -0.25) is 9.10 Å². The van der Waals surface area contributed by atoms with E-state index in [9.17, 15) is 13.2 Å². The average molecular weight is 466 g/mol. The minimum absolute atomic E-state index is 0.0791. The van der Waals surface area contributed by atoms with E-state index in [-0.39, 0.29) is 10.6 Å². The lowest BCUT2D eigenvalue weighted by Crippen LogP contribution is -2.39. The summed E-state index contributed by atoms with van der Waals surface area (Å²) in [5.74, 6) is -0.215. The molecule has 3 rings (SSSR count). The number of hydrogen-bond acceptors (Lipinski definition) is 5. The Bertz CT molecular complexity index is 1240.